The second kappa shape index (κ2) is 5.67. The van der Waals surface area contributed by atoms with Crippen molar-refractivity contribution in [2.24, 2.45) is 5.92 Å². The Morgan fingerprint density at radius 1 is 1.55 bits per heavy atom. The van der Waals surface area contributed by atoms with Crippen LogP contribution in [-0.4, -0.2) is 28.6 Å². The van der Waals surface area contributed by atoms with Crippen molar-refractivity contribution in [3.63, 3.8) is 0 Å². The van der Waals surface area contributed by atoms with Crippen molar-refractivity contribution in [1.29, 1.82) is 0 Å². The van der Waals surface area contributed by atoms with E-state index in [0.29, 0.717) is 17.8 Å². The molecular weight excluding hydrogens is 292 g/mol. The summed E-state index contributed by atoms with van der Waals surface area (Å²) in [5, 5.41) is 7.45. The topological polar surface area (TPSA) is 73.1 Å². The Kier molecular flexibility index (Phi) is 3.91. The molecule has 1 aliphatic rings. The standard InChI is InChI=1S/C13H18N4OS2/c1-7-6-19-13(16-7)10-11(14)17-20-12(10)15-5-9-3-4-18-8(9)2/h6,8-9,15H,3-5H2,1-2H3,(H2,14,17). The number of ether oxygens (including phenoxy) is 1. The van der Waals surface area contributed by atoms with Crippen LogP contribution in [0.3, 0.4) is 0 Å². The molecule has 108 valence electrons. The summed E-state index contributed by atoms with van der Waals surface area (Å²) >= 11 is 3.01. The molecule has 0 aromatic carbocycles. The maximum Gasteiger partial charge on any atom is 0.149 e. The third-order valence-electron chi connectivity index (χ3n) is 3.61. The van der Waals surface area contributed by atoms with Crippen molar-refractivity contribution in [3.8, 4) is 10.6 Å². The molecule has 3 rings (SSSR count). The largest absolute Gasteiger partial charge is 0.382 e. The number of anilines is 2. The van der Waals surface area contributed by atoms with Crippen LogP contribution in [0.15, 0.2) is 5.38 Å². The van der Waals surface area contributed by atoms with Crippen LogP contribution < -0.4 is 11.1 Å². The van der Waals surface area contributed by atoms with Crippen molar-refractivity contribution in [3.05, 3.63) is 11.1 Å². The number of hydrogen-bond donors (Lipinski definition) is 2. The summed E-state index contributed by atoms with van der Waals surface area (Å²) in [4.78, 5) is 4.51. The predicted molar refractivity (Wildman–Crippen MR) is 84.4 cm³/mol. The molecule has 20 heavy (non-hydrogen) atoms. The quantitative estimate of drug-likeness (QED) is 0.908. The third-order valence-corrected chi connectivity index (χ3v) is 5.41. The number of thiazole rings is 1. The van der Waals surface area contributed by atoms with Crippen molar-refractivity contribution < 1.29 is 4.74 Å². The maximum absolute atomic E-state index is 5.99. The summed E-state index contributed by atoms with van der Waals surface area (Å²) in [5.41, 5.74) is 7.95. The van der Waals surface area contributed by atoms with Gasteiger partial charge in [0, 0.05) is 30.1 Å². The number of aryl methyl sites for hydroxylation is 1. The Hall–Kier alpha value is -1.18. The zero-order chi connectivity index (χ0) is 14.1. The van der Waals surface area contributed by atoms with E-state index in [2.05, 4.69) is 21.6 Å². The van der Waals surface area contributed by atoms with Gasteiger partial charge >= 0.3 is 0 Å². The summed E-state index contributed by atoms with van der Waals surface area (Å²) in [6, 6.07) is 0. The Labute approximate surface area is 126 Å². The molecule has 2 aromatic heterocycles. The molecular formula is C13H18N4OS2. The normalized spacial score (nSPS) is 22.3. The summed E-state index contributed by atoms with van der Waals surface area (Å²) in [6.45, 7) is 5.86. The maximum atomic E-state index is 5.99. The van der Waals surface area contributed by atoms with Crippen molar-refractivity contribution in [2.45, 2.75) is 26.4 Å². The molecule has 2 unspecified atom stereocenters. The van der Waals surface area contributed by atoms with Crippen molar-refractivity contribution in [2.75, 3.05) is 24.2 Å². The zero-order valence-corrected chi connectivity index (χ0v) is 13.2. The number of rotatable bonds is 4. The van der Waals surface area contributed by atoms with Crippen LogP contribution >= 0.6 is 22.9 Å². The summed E-state index contributed by atoms with van der Waals surface area (Å²) in [5.74, 6) is 1.10. The molecule has 2 aromatic rings. The number of nitrogens with one attached hydrogen (secondary N) is 1. The molecule has 5 nitrogen and oxygen atoms in total. The second-order valence-corrected chi connectivity index (χ2v) is 6.70. The van der Waals surface area contributed by atoms with Gasteiger partial charge in [-0.2, -0.15) is 4.37 Å². The van der Waals surface area contributed by atoms with Gasteiger partial charge in [0.2, 0.25) is 0 Å². The van der Waals surface area contributed by atoms with Gasteiger partial charge in [0.1, 0.15) is 15.8 Å². The number of hydrogen-bond acceptors (Lipinski definition) is 7. The minimum absolute atomic E-state index is 0.318. The molecule has 7 heteroatoms. The van der Waals surface area contributed by atoms with Crippen molar-refractivity contribution >= 4 is 33.7 Å². The lowest BCUT2D eigenvalue weighted by Crippen LogP contribution is -2.20. The first-order valence-electron chi connectivity index (χ1n) is 6.68. The van der Waals surface area contributed by atoms with Gasteiger partial charge in [-0.1, -0.05) is 0 Å². The third kappa shape index (κ3) is 2.65. The lowest BCUT2D eigenvalue weighted by atomic mass is 10.0. The van der Waals surface area contributed by atoms with E-state index in [9.17, 15) is 0 Å². The van der Waals surface area contributed by atoms with Gasteiger partial charge in [-0.15, -0.1) is 11.3 Å². The summed E-state index contributed by atoms with van der Waals surface area (Å²) in [6.07, 6.45) is 1.42. The van der Waals surface area contributed by atoms with E-state index in [1.807, 2.05) is 12.3 Å². The first-order valence-corrected chi connectivity index (χ1v) is 8.33. The highest BCUT2D eigenvalue weighted by Crippen LogP contribution is 2.38. The first-order chi connectivity index (χ1) is 9.65. The minimum atomic E-state index is 0.318. The molecule has 0 spiro atoms. The molecule has 1 aliphatic heterocycles. The van der Waals surface area contributed by atoms with Gasteiger partial charge in [-0.25, -0.2) is 4.98 Å². The number of nitrogens with two attached hydrogens (primary N) is 1. The van der Waals surface area contributed by atoms with Crippen LogP contribution in [0.25, 0.3) is 10.6 Å². The van der Waals surface area contributed by atoms with E-state index in [-0.39, 0.29) is 0 Å². The molecule has 0 bridgehead atoms. The van der Waals surface area contributed by atoms with E-state index in [4.69, 9.17) is 10.5 Å². The van der Waals surface area contributed by atoms with E-state index >= 15 is 0 Å². The summed E-state index contributed by atoms with van der Waals surface area (Å²) in [7, 11) is 0. The average Bonchev–Trinajstić information content (AvgIpc) is 3.09. The van der Waals surface area contributed by atoms with Gasteiger partial charge in [0.25, 0.3) is 0 Å². The van der Waals surface area contributed by atoms with Gasteiger partial charge in [-0.05, 0) is 31.8 Å². The Morgan fingerprint density at radius 3 is 3.05 bits per heavy atom. The molecule has 0 amide bonds. The van der Waals surface area contributed by atoms with Gasteiger partial charge in [0.05, 0.1) is 11.7 Å². The lowest BCUT2D eigenvalue weighted by molar-refractivity contribution is 0.108. The lowest BCUT2D eigenvalue weighted by Gasteiger charge is -2.15. The monoisotopic (exact) mass is 310 g/mol. The van der Waals surface area contributed by atoms with Crippen LogP contribution in [0.1, 0.15) is 19.0 Å². The van der Waals surface area contributed by atoms with Gasteiger partial charge < -0.3 is 15.8 Å². The van der Waals surface area contributed by atoms with E-state index < -0.39 is 0 Å². The van der Waals surface area contributed by atoms with E-state index in [1.54, 1.807) is 11.3 Å². The Balaban J connectivity index is 1.77. The molecule has 1 fully saturated rings. The fourth-order valence-electron chi connectivity index (χ4n) is 2.37. The van der Waals surface area contributed by atoms with Crippen LogP contribution in [0, 0.1) is 12.8 Å². The molecule has 3 heterocycles. The van der Waals surface area contributed by atoms with Crippen LogP contribution in [0.2, 0.25) is 0 Å². The van der Waals surface area contributed by atoms with Gasteiger partial charge in [-0.3, -0.25) is 0 Å². The summed E-state index contributed by atoms with van der Waals surface area (Å²) < 4.78 is 9.85. The van der Waals surface area contributed by atoms with E-state index in [1.165, 1.54) is 11.5 Å². The highest BCUT2D eigenvalue weighted by atomic mass is 32.1. The molecule has 0 saturated carbocycles. The SMILES string of the molecule is Cc1csc(-c2c(N)nsc2NCC2CCOC2C)n1. The predicted octanol–water partition coefficient (Wildman–Crippen LogP) is 2.99. The molecule has 0 radical (unpaired) electrons. The number of aromatic nitrogens is 2. The molecule has 2 atom stereocenters. The highest BCUT2D eigenvalue weighted by Gasteiger charge is 2.25. The van der Waals surface area contributed by atoms with Crippen LogP contribution in [-0.2, 0) is 4.74 Å². The molecule has 0 aliphatic carbocycles. The number of nitrogen functional groups attached to an aromatic ring is 1. The minimum Gasteiger partial charge on any atom is -0.382 e. The average molecular weight is 310 g/mol. The Bertz CT molecular complexity index is 595. The number of nitrogens with zero attached hydrogens (tertiary/aromatic N) is 2. The fraction of sp³-hybridized carbons (Fsp3) is 0.538. The smallest absolute Gasteiger partial charge is 0.149 e. The van der Waals surface area contributed by atoms with Crippen molar-refractivity contribution in [1.82, 2.24) is 9.36 Å². The first kappa shape index (κ1) is 13.8. The molecule has 1 saturated heterocycles. The second-order valence-electron chi connectivity index (χ2n) is 5.07. The van der Waals surface area contributed by atoms with Crippen LogP contribution in [0.4, 0.5) is 10.8 Å². The molecule has 3 N–H and O–H groups in total. The van der Waals surface area contributed by atoms with Crippen LogP contribution in [0.5, 0.6) is 0 Å². The van der Waals surface area contributed by atoms with Gasteiger partial charge in [0.15, 0.2) is 0 Å². The zero-order valence-electron chi connectivity index (χ0n) is 11.5. The fourth-order valence-corrected chi connectivity index (χ4v) is 4.01. The Morgan fingerprint density at radius 2 is 2.40 bits per heavy atom. The van der Waals surface area contributed by atoms with E-state index in [0.717, 1.165) is 40.8 Å². The highest BCUT2D eigenvalue weighted by molar-refractivity contribution is 7.15.